The minimum atomic E-state index is -0.187. The van der Waals surface area contributed by atoms with E-state index in [1.165, 1.54) is 18.3 Å². The van der Waals surface area contributed by atoms with Crippen LogP contribution >= 0.6 is 11.3 Å². The van der Waals surface area contributed by atoms with Gasteiger partial charge in [0.25, 0.3) is 0 Å². The van der Waals surface area contributed by atoms with Gasteiger partial charge in [-0.3, -0.25) is 9.59 Å². The normalized spacial score (nSPS) is 11.9. The van der Waals surface area contributed by atoms with Crippen molar-refractivity contribution in [3.05, 3.63) is 54.1 Å². The lowest BCUT2D eigenvalue weighted by atomic mass is 9.95. The predicted molar refractivity (Wildman–Crippen MR) is 102 cm³/mol. The fraction of sp³-hybridized carbons (Fsp3) is 0.211. The summed E-state index contributed by atoms with van der Waals surface area (Å²) in [5.41, 5.74) is 2.53. The van der Waals surface area contributed by atoms with Crippen LogP contribution in [-0.4, -0.2) is 16.8 Å². The van der Waals surface area contributed by atoms with Crippen LogP contribution in [0.4, 0.5) is 10.8 Å². The number of rotatable bonds is 5. The second-order valence-electron chi connectivity index (χ2n) is 5.74. The van der Waals surface area contributed by atoms with Gasteiger partial charge in [0.2, 0.25) is 11.8 Å². The summed E-state index contributed by atoms with van der Waals surface area (Å²) < 4.78 is 0.911. The van der Waals surface area contributed by atoms with Crippen LogP contribution < -0.4 is 10.6 Å². The lowest BCUT2D eigenvalue weighted by Gasteiger charge is -2.15. The zero-order valence-corrected chi connectivity index (χ0v) is 14.9. The van der Waals surface area contributed by atoms with Crippen LogP contribution in [0.1, 0.15) is 31.7 Å². The smallest absolute Gasteiger partial charge is 0.231 e. The highest BCUT2D eigenvalue weighted by molar-refractivity contribution is 7.22. The van der Waals surface area contributed by atoms with Crippen molar-refractivity contribution in [2.45, 2.75) is 26.2 Å². The quantitative estimate of drug-likeness (QED) is 0.715. The van der Waals surface area contributed by atoms with Gasteiger partial charge in [-0.05, 0) is 30.2 Å². The maximum Gasteiger partial charge on any atom is 0.231 e. The van der Waals surface area contributed by atoms with E-state index in [0.29, 0.717) is 5.13 Å². The Kier molecular flexibility index (Phi) is 5.09. The van der Waals surface area contributed by atoms with E-state index in [9.17, 15) is 9.59 Å². The Labute approximate surface area is 150 Å². The second-order valence-corrected chi connectivity index (χ2v) is 6.77. The van der Waals surface area contributed by atoms with E-state index in [1.54, 1.807) is 0 Å². The Bertz CT molecular complexity index is 905. The molecular weight excluding hydrogens is 334 g/mol. The molecule has 3 rings (SSSR count). The number of benzene rings is 2. The van der Waals surface area contributed by atoms with Crippen LogP contribution in [0, 0.1) is 0 Å². The molecule has 0 aliphatic rings. The van der Waals surface area contributed by atoms with E-state index in [-0.39, 0.29) is 17.7 Å². The predicted octanol–water partition coefficient (Wildman–Crippen LogP) is 4.39. The third-order valence-corrected chi connectivity index (χ3v) is 4.80. The maximum absolute atomic E-state index is 12.7. The van der Waals surface area contributed by atoms with Gasteiger partial charge in [-0.25, -0.2) is 4.98 Å². The number of anilines is 2. The summed E-state index contributed by atoms with van der Waals surface area (Å²) in [7, 11) is 0. The second kappa shape index (κ2) is 7.44. The lowest BCUT2D eigenvalue weighted by Crippen LogP contribution is -2.20. The zero-order chi connectivity index (χ0) is 17.8. The molecular formula is C19H19N3O2S. The van der Waals surface area contributed by atoms with Gasteiger partial charge in [0.1, 0.15) is 0 Å². The Hall–Kier alpha value is -2.73. The van der Waals surface area contributed by atoms with E-state index >= 15 is 0 Å². The Morgan fingerprint density at radius 1 is 1.12 bits per heavy atom. The fourth-order valence-electron chi connectivity index (χ4n) is 2.69. The first-order valence-corrected chi connectivity index (χ1v) is 8.92. The van der Waals surface area contributed by atoms with Gasteiger partial charge in [-0.1, -0.05) is 48.6 Å². The number of carbonyl (C=O) groups is 2. The molecule has 0 aliphatic carbocycles. The first-order chi connectivity index (χ1) is 12.1. The lowest BCUT2D eigenvalue weighted by molar-refractivity contribution is -0.117. The molecule has 128 valence electrons. The molecule has 2 N–H and O–H groups in total. The number of thiazole rings is 1. The highest BCUT2D eigenvalue weighted by Gasteiger charge is 2.18. The minimum Gasteiger partial charge on any atom is -0.326 e. The van der Waals surface area contributed by atoms with Crippen LogP contribution in [0.15, 0.2) is 48.5 Å². The molecule has 2 amide bonds. The highest BCUT2D eigenvalue weighted by Crippen LogP contribution is 2.29. The summed E-state index contributed by atoms with van der Waals surface area (Å²) in [6, 6.07) is 15.3. The number of fused-ring (bicyclic) bond motifs is 1. The van der Waals surface area contributed by atoms with Crippen LogP contribution in [0.25, 0.3) is 10.2 Å². The van der Waals surface area contributed by atoms with Crippen LogP contribution in [0.5, 0.6) is 0 Å². The molecule has 1 aromatic heterocycles. The molecule has 1 atom stereocenters. The number of aromatic nitrogens is 1. The summed E-state index contributed by atoms with van der Waals surface area (Å²) >= 11 is 1.38. The Morgan fingerprint density at radius 3 is 2.56 bits per heavy atom. The monoisotopic (exact) mass is 353 g/mol. The van der Waals surface area contributed by atoms with Gasteiger partial charge in [-0.2, -0.15) is 0 Å². The summed E-state index contributed by atoms with van der Waals surface area (Å²) in [5.74, 6) is -0.367. The van der Waals surface area contributed by atoms with Gasteiger partial charge < -0.3 is 10.6 Å². The minimum absolute atomic E-state index is 0.0281. The average Bonchev–Trinajstić information content (AvgIpc) is 2.97. The van der Waals surface area contributed by atoms with E-state index in [1.807, 2.05) is 55.5 Å². The molecule has 5 nitrogen and oxygen atoms in total. The third kappa shape index (κ3) is 4.03. The zero-order valence-electron chi connectivity index (χ0n) is 14.1. The molecule has 0 saturated heterocycles. The van der Waals surface area contributed by atoms with Crippen LogP contribution in [0.3, 0.4) is 0 Å². The van der Waals surface area contributed by atoms with Crippen molar-refractivity contribution in [3.63, 3.8) is 0 Å². The molecule has 0 unspecified atom stereocenters. The number of amides is 2. The topological polar surface area (TPSA) is 71.1 Å². The SMILES string of the molecule is CC[C@H](C(=O)Nc1ccc2nc(NC(C)=O)sc2c1)c1ccccc1. The van der Waals surface area contributed by atoms with Gasteiger partial charge in [0.15, 0.2) is 5.13 Å². The molecule has 0 fully saturated rings. The Balaban J connectivity index is 1.79. The van der Waals surface area contributed by atoms with E-state index in [4.69, 9.17) is 0 Å². The molecule has 2 aromatic carbocycles. The van der Waals surface area contributed by atoms with Crippen molar-refractivity contribution in [1.82, 2.24) is 4.98 Å². The summed E-state index contributed by atoms with van der Waals surface area (Å²) in [6.07, 6.45) is 0.728. The first-order valence-electron chi connectivity index (χ1n) is 8.11. The molecule has 0 bridgehead atoms. The molecule has 0 saturated carbocycles. The number of nitrogens with one attached hydrogen (secondary N) is 2. The molecule has 0 aliphatic heterocycles. The average molecular weight is 353 g/mol. The number of carbonyl (C=O) groups excluding carboxylic acids is 2. The molecule has 3 aromatic rings. The largest absolute Gasteiger partial charge is 0.326 e. The number of hydrogen-bond acceptors (Lipinski definition) is 4. The summed E-state index contributed by atoms with van der Waals surface area (Å²) in [6.45, 7) is 3.45. The Morgan fingerprint density at radius 2 is 1.88 bits per heavy atom. The van der Waals surface area contributed by atoms with E-state index < -0.39 is 0 Å². The van der Waals surface area contributed by atoms with Gasteiger partial charge >= 0.3 is 0 Å². The van der Waals surface area contributed by atoms with Crippen molar-refractivity contribution in [2.75, 3.05) is 10.6 Å². The van der Waals surface area contributed by atoms with E-state index in [0.717, 1.165) is 27.9 Å². The van der Waals surface area contributed by atoms with Crippen molar-refractivity contribution >= 4 is 44.2 Å². The molecule has 1 heterocycles. The van der Waals surface area contributed by atoms with Crippen molar-refractivity contribution in [2.24, 2.45) is 0 Å². The highest BCUT2D eigenvalue weighted by atomic mass is 32.1. The van der Waals surface area contributed by atoms with Gasteiger partial charge in [0, 0.05) is 12.6 Å². The molecule has 0 radical (unpaired) electrons. The fourth-order valence-corrected chi connectivity index (χ4v) is 3.64. The number of nitrogens with zero attached hydrogens (tertiary/aromatic N) is 1. The third-order valence-electron chi connectivity index (χ3n) is 3.87. The molecule has 0 spiro atoms. The van der Waals surface area contributed by atoms with Crippen molar-refractivity contribution in [1.29, 1.82) is 0 Å². The van der Waals surface area contributed by atoms with Gasteiger partial charge in [-0.15, -0.1) is 0 Å². The maximum atomic E-state index is 12.7. The standard InChI is InChI=1S/C19H19N3O2S/c1-3-15(13-7-5-4-6-8-13)18(24)21-14-9-10-16-17(11-14)25-19(22-16)20-12(2)23/h4-11,15H,3H2,1-2H3,(H,21,24)(H,20,22,23)/t15-/m0/s1. The first kappa shape index (κ1) is 17.1. The van der Waals surface area contributed by atoms with Crippen molar-refractivity contribution in [3.8, 4) is 0 Å². The molecule has 25 heavy (non-hydrogen) atoms. The van der Waals surface area contributed by atoms with Crippen LogP contribution in [0.2, 0.25) is 0 Å². The molecule has 6 heteroatoms. The number of hydrogen-bond donors (Lipinski definition) is 2. The summed E-state index contributed by atoms with van der Waals surface area (Å²) in [5, 5.41) is 6.23. The van der Waals surface area contributed by atoms with Crippen molar-refractivity contribution < 1.29 is 9.59 Å². The van der Waals surface area contributed by atoms with E-state index in [2.05, 4.69) is 15.6 Å². The van der Waals surface area contributed by atoms with Crippen LogP contribution in [-0.2, 0) is 9.59 Å². The summed E-state index contributed by atoms with van der Waals surface area (Å²) in [4.78, 5) is 28.1. The van der Waals surface area contributed by atoms with Gasteiger partial charge in [0.05, 0.1) is 16.1 Å².